The largest absolute Gasteiger partial charge is 0.478 e. The van der Waals surface area contributed by atoms with Crippen molar-refractivity contribution in [3.8, 4) is 0 Å². The monoisotopic (exact) mass is 303 g/mol. The zero-order valence-corrected chi connectivity index (χ0v) is 12.4. The molecule has 0 radical (unpaired) electrons. The summed E-state index contributed by atoms with van der Waals surface area (Å²) in [5, 5.41) is 12.3. The fourth-order valence-corrected chi connectivity index (χ4v) is 2.11. The van der Waals surface area contributed by atoms with Crippen LogP contribution in [0.15, 0.2) is 36.4 Å². The van der Waals surface area contributed by atoms with Crippen LogP contribution in [-0.2, 0) is 0 Å². The molecule has 0 aliphatic carbocycles. The second-order valence-corrected chi connectivity index (χ2v) is 5.11. The first-order chi connectivity index (χ1) is 9.90. The van der Waals surface area contributed by atoms with Crippen molar-refractivity contribution in [3.05, 3.63) is 63.7 Å². The molecule has 0 bridgehead atoms. The van der Waals surface area contributed by atoms with Gasteiger partial charge in [-0.3, -0.25) is 4.79 Å². The van der Waals surface area contributed by atoms with Crippen LogP contribution in [0.5, 0.6) is 0 Å². The van der Waals surface area contributed by atoms with Crippen molar-refractivity contribution >= 4 is 29.2 Å². The number of carbonyl (C=O) groups excluding carboxylic acids is 1. The van der Waals surface area contributed by atoms with E-state index in [1.54, 1.807) is 37.3 Å². The van der Waals surface area contributed by atoms with Crippen molar-refractivity contribution < 1.29 is 14.7 Å². The standard InChI is InChI=1S/C16H14ClNO3/c1-9-6-7-11(8-13(9)17)15(19)18-14-5-3-4-12(10(14)2)16(20)21/h3-8H,1-2H3,(H,18,19)(H,20,21). The van der Waals surface area contributed by atoms with Crippen LogP contribution >= 0.6 is 11.6 Å². The zero-order valence-electron chi connectivity index (χ0n) is 11.6. The minimum Gasteiger partial charge on any atom is -0.478 e. The van der Waals surface area contributed by atoms with E-state index in [1.165, 1.54) is 6.07 Å². The van der Waals surface area contributed by atoms with Gasteiger partial charge >= 0.3 is 5.97 Å². The van der Waals surface area contributed by atoms with Crippen LogP contribution in [-0.4, -0.2) is 17.0 Å². The van der Waals surface area contributed by atoms with Crippen LogP contribution in [0, 0.1) is 13.8 Å². The molecule has 2 rings (SSSR count). The summed E-state index contributed by atoms with van der Waals surface area (Å²) >= 11 is 6.00. The van der Waals surface area contributed by atoms with Gasteiger partial charge in [-0.05, 0) is 49.2 Å². The quantitative estimate of drug-likeness (QED) is 0.903. The molecular formula is C16H14ClNO3. The maximum atomic E-state index is 12.2. The van der Waals surface area contributed by atoms with Crippen molar-refractivity contribution in [1.82, 2.24) is 0 Å². The molecule has 2 N–H and O–H groups in total. The number of carbonyl (C=O) groups is 2. The topological polar surface area (TPSA) is 66.4 Å². The molecule has 0 aliphatic heterocycles. The second kappa shape index (κ2) is 5.97. The van der Waals surface area contributed by atoms with E-state index in [-0.39, 0.29) is 11.5 Å². The Balaban J connectivity index is 2.29. The third kappa shape index (κ3) is 3.23. The lowest BCUT2D eigenvalue weighted by molar-refractivity contribution is 0.0695. The molecule has 2 aromatic rings. The van der Waals surface area contributed by atoms with Gasteiger partial charge in [0.1, 0.15) is 0 Å². The summed E-state index contributed by atoms with van der Waals surface area (Å²) in [6.45, 7) is 3.51. The molecule has 0 aromatic heterocycles. The number of anilines is 1. The van der Waals surface area contributed by atoms with Gasteiger partial charge in [0.15, 0.2) is 0 Å². The van der Waals surface area contributed by atoms with E-state index in [1.807, 2.05) is 6.92 Å². The predicted octanol–water partition coefficient (Wildman–Crippen LogP) is 3.91. The van der Waals surface area contributed by atoms with Gasteiger partial charge in [0.05, 0.1) is 5.56 Å². The highest BCUT2D eigenvalue weighted by molar-refractivity contribution is 6.31. The minimum atomic E-state index is -1.03. The predicted molar refractivity (Wildman–Crippen MR) is 82.3 cm³/mol. The Labute approximate surface area is 127 Å². The van der Waals surface area contributed by atoms with Crippen LogP contribution in [0.25, 0.3) is 0 Å². The molecule has 0 saturated heterocycles. The third-order valence-corrected chi connectivity index (χ3v) is 3.65. The number of aromatic carboxylic acids is 1. The smallest absolute Gasteiger partial charge is 0.336 e. The van der Waals surface area contributed by atoms with E-state index in [0.717, 1.165) is 5.56 Å². The molecule has 0 unspecified atom stereocenters. The van der Waals surface area contributed by atoms with Gasteiger partial charge in [-0.15, -0.1) is 0 Å². The molecule has 1 amide bonds. The fraction of sp³-hybridized carbons (Fsp3) is 0.125. The third-order valence-electron chi connectivity index (χ3n) is 3.25. The summed E-state index contributed by atoms with van der Waals surface area (Å²) in [4.78, 5) is 23.3. The number of nitrogens with one attached hydrogen (secondary N) is 1. The molecule has 0 atom stereocenters. The van der Waals surface area contributed by atoms with Gasteiger partial charge in [-0.2, -0.15) is 0 Å². The molecule has 0 saturated carbocycles. The summed E-state index contributed by atoms with van der Waals surface area (Å²) in [7, 11) is 0. The average molecular weight is 304 g/mol. The van der Waals surface area contributed by atoms with Gasteiger partial charge in [-0.1, -0.05) is 23.7 Å². The molecule has 108 valence electrons. The maximum absolute atomic E-state index is 12.2. The van der Waals surface area contributed by atoms with Crippen LogP contribution in [0.2, 0.25) is 5.02 Å². The Morgan fingerprint density at radius 2 is 1.86 bits per heavy atom. The number of hydrogen-bond acceptors (Lipinski definition) is 2. The molecule has 2 aromatic carbocycles. The summed E-state index contributed by atoms with van der Waals surface area (Å²) in [6.07, 6.45) is 0. The molecular weight excluding hydrogens is 290 g/mol. The van der Waals surface area contributed by atoms with Gasteiger partial charge in [-0.25, -0.2) is 4.79 Å². The molecule has 0 aliphatic rings. The molecule has 0 fully saturated rings. The van der Waals surface area contributed by atoms with Crippen molar-refractivity contribution in [2.24, 2.45) is 0 Å². The normalized spacial score (nSPS) is 10.2. The second-order valence-electron chi connectivity index (χ2n) is 4.70. The van der Waals surface area contributed by atoms with E-state index in [2.05, 4.69) is 5.32 Å². The lowest BCUT2D eigenvalue weighted by Crippen LogP contribution is -2.14. The first-order valence-corrected chi connectivity index (χ1v) is 6.68. The van der Waals surface area contributed by atoms with Gasteiger partial charge in [0, 0.05) is 16.3 Å². The number of carboxylic acid groups (broad SMARTS) is 1. The molecule has 4 nitrogen and oxygen atoms in total. The highest BCUT2D eigenvalue weighted by Gasteiger charge is 2.13. The van der Waals surface area contributed by atoms with Gasteiger partial charge in [0.2, 0.25) is 0 Å². The molecule has 0 spiro atoms. The molecule has 5 heteroatoms. The SMILES string of the molecule is Cc1ccc(C(=O)Nc2cccc(C(=O)O)c2C)cc1Cl. The van der Waals surface area contributed by atoms with Crippen LogP contribution in [0.3, 0.4) is 0 Å². The van der Waals surface area contributed by atoms with Crippen molar-refractivity contribution in [2.45, 2.75) is 13.8 Å². The number of benzene rings is 2. The summed E-state index contributed by atoms with van der Waals surface area (Å²) < 4.78 is 0. The van der Waals surface area contributed by atoms with E-state index >= 15 is 0 Å². The number of halogens is 1. The Morgan fingerprint density at radius 1 is 1.14 bits per heavy atom. The number of aryl methyl sites for hydroxylation is 1. The first-order valence-electron chi connectivity index (χ1n) is 6.30. The molecule has 0 heterocycles. The van der Waals surface area contributed by atoms with Crippen LogP contribution in [0.4, 0.5) is 5.69 Å². The fourth-order valence-electron chi connectivity index (χ4n) is 1.93. The van der Waals surface area contributed by atoms with E-state index in [4.69, 9.17) is 16.7 Å². The van der Waals surface area contributed by atoms with Crippen molar-refractivity contribution in [1.29, 1.82) is 0 Å². The van der Waals surface area contributed by atoms with Crippen molar-refractivity contribution in [3.63, 3.8) is 0 Å². The Kier molecular flexibility index (Phi) is 4.29. The molecule has 21 heavy (non-hydrogen) atoms. The number of rotatable bonds is 3. The van der Waals surface area contributed by atoms with E-state index in [9.17, 15) is 9.59 Å². The lowest BCUT2D eigenvalue weighted by Gasteiger charge is -2.11. The lowest BCUT2D eigenvalue weighted by atomic mass is 10.1. The highest BCUT2D eigenvalue weighted by Crippen LogP contribution is 2.21. The van der Waals surface area contributed by atoms with E-state index < -0.39 is 5.97 Å². The van der Waals surface area contributed by atoms with Gasteiger partial charge in [0.25, 0.3) is 5.91 Å². The van der Waals surface area contributed by atoms with E-state index in [0.29, 0.717) is 21.8 Å². The summed E-state index contributed by atoms with van der Waals surface area (Å²) in [5.41, 5.74) is 2.45. The minimum absolute atomic E-state index is 0.162. The number of carboxylic acids is 1. The Bertz CT molecular complexity index is 725. The van der Waals surface area contributed by atoms with Crippen molar-refractivity contribution in [2.75, 3.05) is 5.32 Å². The maximum Gasteiger partial charge on any atom is 0.336 e. The number of hydrogen-bond donors (Lipinski definition) is 2. The Hall–Kier alpha value is -2.33. The first kappa shape index (κ1) is 15.1. The van der Waals surface area contributed by atoms with Crippen LogP contribution in [0.1, 0.15) is 31.8 Å². The zero-order chi connectivity index (χ0) is 15.6. The highest BCUT2D eigenvalue weighted by atomic mass is 35.5. The summed E-state index contributed by atoms with van der Waals surface area (Å²) in [6, 6.07) is 9.77. The summed E-state index contributed by atoms with van der Waals surface area (Å²) in [5.74, 6) is -1.36. The Morgan fingerprint density at radius 3 is 2.48 bits per heavy atom. The average Bonchev–Trinajstić information content (AvgIpc) is 2.43. The van der Waals surface area contributed by atoms with Crippen LogP contribution < -0.4 is 5.32 Å². The van der Waals surface area contributed by atoms with Gasteiger partial charge < -0.3 is 10.4 Å². The number of amides is 1.